The summed E-state index contributed by atoms with van der Waals surface area (Å²) in [6.07, 6.45) is 0. The van der Waals surface area contributed by atoms with Crippen LogP contribution in [0.5, 0.6) is 0 Å². The van der Waals surface area contributed by atoms with E-state index in [1.54, 1.807) is 13.8 Å². The number of carbonyl (C=O) groups excluding carboxylic acids is 3. The van der Waals surface area contributed by atoms with Gasteiger partial charge in [0.25, 0.3) is 11.1 Å². The minimum atomic E-state index is -0.598. The Balaban J connectivity index is 1.71. The number of nitrogens with zero attached hydrogens (tertiary/aromatic N) is 2. The van der Waals surface area contributed by atoms with Crippen LogP contribution in [0.3, 0.4) is 0 Å². The number of amides is 2. The number of aromatic nitrogens is 2. The monoisotopic (exact) mass is 488 g/mol. The number of thioether (sulfide) groups is 1. The molecule has 0 radical (unpaired) electrons. The number of aryl methyl sites for hydroxylation is 2. The van der Waals surface area contributed by atoms with E-state index in [-0.39, 0.29) is 40.0 Å². The van der Waals surface area contributed by atoms with Gasteiger partial charge in [-0.1, -0.05) is 17.8 Å². The molecule has 2 N–H and O–H groups in total. The maximum Gasteiger partial charge on any atom is 0.341 e. The lowest BCUT2D eigenvalue weighted by atomic mass is 10.1. The van der Waals surface area contributed by atoms with Crippen LogP contribution in [0, 0.1) is 20.8 Å². The number of benzene rings is 1. The molecule has 9 nitrogen and oxygen atoms in total. The van der Waals surface area contributed by atoms with Crippen molar-refractivity contribution in [1.82, 2.24) is 15.5 Å². The Labute approximate surface area is 199 Å². The number of esters is 1. The van der Waals surface area contributed by atoms with Gasteiger partial charge in [-0.2, -0.15) is 0 Å². The molecule has 2 aromatic heterocycles. The Morgan fingerprint density at radius 1 is 1.15 bits per heavy atom. The van der Waals surface area contributed by atoms with Crippen molar-refractivity contribution in [2.24, 2.45) is 0 Å². The highest BCUT2D eigenvalue weighted by Gasteiger charge is 2.26. The SMILES string of the molecule is CCOC(=O)c1c(NC(=O)CSc2nnc(-c3ccc(C)c(C)c3)o2)sc(C(=O)NC)c1C. The van der Waals surface area contributed by atoms with Crippen LogP contribution in [0.15, 0.2) is 27.8 Å². The van der Waals surface area contributed by atoms with E-state index in [4.69, 9.17) is 9.15 Å². The minimum Gasteiger partial charge on any atom is -0.462 e. The van der Waals surface area contributed by atoms with Gasteiger partial charge in [0.2, 0.25) is 11.8 Å². The lowest BCUT2D eigenvalue weighted by molar-refractivity contribution is -0.113. The molecule has 3 rings (SSSR count). The second-order valence-electron chi connectivity index (χ2n) is 7.07. The largest absolute Gasteiger partial charge is 0.462 e. The first kappa shape index (κ1) is 24.5. The van der Waals surface area contributed by atoms with Crippen LogP contribution in [-0.4, -0.2) is 47.4 Å². The normalized spacial score (nSPS) is 10.7. The fourth-order valence-corrected chi connectivity index (χ4v) is 4.65. The maximum absolute atomic E-state index is 12.6. The topological polar surface area (TPSA) is 123 Å². The molecule has 2 amide bonds. The first-order chi connectivity index (χ1) is 15.7. The molecular weight excluding hydrogens is 464 g/mol. The molecule has 0 atom stereocenters. The number of hydrogen-bond acceptors (Lipinski definition) is 9. The second kappa shape index (κ2) is 10.6. The number of nitrogens with one attached hydrogen (secondary N) is 2. The molecule has 11 heteroatoms. The smallest absolute Gasteiger partial charge is 0.341 e. The third-order valence-corrected chi connectivity index (χ3v) is 6.82. The number of rotatable bonds is 8. The van der Waals surface area contributed by atoms with Crippen molar-refractivity contribution in [2.75, 3.05) is 24.7 Å². The van der Waals surface area contributed by atoms with Gasteiger partial charge in [0, 0.05) is 12.6 Å². The predicted molar refractivity (Wildman–Crippen MR) is 127 cm³/mol. The predicted octanol–water partition coefficient (Wildman–Crippen LogP) is 3.99. The van der Waals surface area contributed by atoms with Crippen molar-refractivity contribution in [2.45, 2.75) is 32.9 Å². The molecule has 33 heavy (non-hydrogen) atoms. The van der Waals surface area contributed by atoms with E-state index in [1.165, 1.54) is 7.05 Å². The van der Waals surface area contributed by atoms with Gasteiger partial charge in [0.15, 0.2) is 0 Å². The highest BCUT2D eigenvalue weighted by atomic mass is 32.2. The molecule has 0 saturated heterocycles. The lowest BCUT2D eigenvalue weighted by Gasteiger charge is -2.06. The first-order valence-corrected chi connectivity index (χ1v) is 11.9. The Bertz CT molecular complexity index is 1200. The van der Waals surface area contributed by atoms with E-state index in [0.29, 0.717) is 16.3 Å². The number of anilines is 1. The van der Waals surface area contributed by atoms with E-state index in [0.717, 1.165) is 39.8 Å². The van der Waals surface area contributed by atoms with Crippen LogP contribution in [0.1, 0.15) is 43.6 Å². The lowest BCUT2D eigenvalue weighted by Crippen LogP contribution is -2.18. The summed E-state index contributed by atoms with van der Waals surface area (Å²) in [5, 5.41) is 13.8. The van der Waals surface area contributed by atoms with Gasteiger partial charge in [-0.25, -0.2) is 4.79 Å². The Hall–Kier alpha value is -3.18. The maximum atomic E-state index is 12.6. The third-order valence-electron chi connectivity index (χ3n) is 4.80. The summed E-state index contributed by atoms with van der Waals surface area (Å²) in [6, 6.07) is 5.84. The summed E-state index contributed by atoms with van der Waals surface area (Å²) in [5.41, 5.74) is 3.70. The van der Waals surface area contributed by atoms with Crippen molar-refractivity contribution >= 4 is 45.9 Å². The van der Waals surface area contributed by atoms with Crippen LogP contribution in [-0.2, 0) is 9.53 Å². The molecule has 0 saturated carbocycles. The van der Waals surface area contributed by atoms with E-state index < -0.39 is 5.97 Å². The van der Waals surface area contributed by atoms with Crippen molar-refractivity contribution in [1.29, 1.82) is 0 Å². The summed E-state index contributed by atoms with van der Waals surface area (Å²) in [7, 11) is 1.50. The van der Waals surface area contributed by atoms with Gasteiger partial charge in [-0.15, -0.1) is 21.5 Å². The van der Waals surface area contributed by atoms with Crippen LogP contribution < -0.4 is 10.6 Å². The van der Waals surface area contributed by atoms with Crippen molar-refractivity contribution in [3.05, 3.63) is 45.3 Å². The molecule has 0 spiro atoms. The summed E-state index contributed by atoms with van der Waals surface area (Å²) >= 11 is 2.10. The first-order valence-electron chi connectivity index (χ1n) is 10.1. The van der Waals surface area contributed by atoms with E-state index in [2.05, 4.69) is 20.8 Å². The molecule has 3 aromatic rings. The van der Waals surface area contributed by atoms with Crippen molar-refractivity contribution < 1.29 is 23.5 Å². The molecule has 0 unspecified atom stereocenters. The molecule has 1 aromatic carbocycles. The number of carbonyl (C=O) groups is 3. The molecule has 0 aliphatic heterocycles. The van der Waals surface area contributed by atoms with Crippen LogP contribution in [0.2, 0.25) is 0 Å². The third kappa shape index (κ3) is 5.60. The fourth-order valence-electron chi connectivity index (χ4n) is 2.93. The highest BCUT2D eigenvalue weighted by Crippen LogP contribution is 2.34. The van der Waals surface area contributed by atoms with Crippen LogP contribution in [0.25, 0.3) is 11.5 Å². The van der Waals surface area contributed by atoms with Crippen LogP contribution in [0.4, 0.5) is 5.00 Å². The average Bonchev–Trinajstić information content (AvgIpc) is 3.38. The molecule has 0 aliphatic rings. The zero-order valence-electron chi connectivity index (χ0n) is 18.9. The average molecular weight is 489 g/mol. The molecule has 2 heterocycles. The minimum absolute atomic E-state index is 0.0247. The number of thiophene rings is 1. The van der Waals surface area contributed by atoms with Gasteiger partial charge in [0.05, 0.1) is 22.8 Å². The molecule has 0 fully saturated rings. The second-order valence-corrected chi connectivity index (χ2v) is 9.02. The summed E-state index contributed by atoms with van der Waals surface area (Å²) in [5.74, 6) is -0.985. The standard InChI is InChI=1S/C22H24N4O5S2/c1-6-30-21(29)16-13(4)17(18(28)23-5)33-20(16)24-15(27)10-32-22-26-25-19(31-22)14-8-7-11(2)12(3)9-14/h7-9H,6,10H2,1-5H3,(H,23,28)(H,24,27). The van der Waals surface area contributed by atoms with Gasteiger partial charge in [-0.3, -0.25) is 9.59 Å². The molecular formula is C22H24N4O5S2. The van der Waals surface area contributed by atoms with E-state index in [1.807, 2.05) is 32.0 Å². The Kier molecular flexibility index (Phi) is 7.88. The van der Waals surface area contributed by atoms with Gasteiger partial charge in [-0.05, 0) is 56.5 Å². The van der Waals surface area contributed by atoms with E-state index >= 15 is 0 Å². The van der Waals surface area contributed by atoms with Crippen molar-refractivity contribution in [3.8, 4) is 11.5 Å². The van der Waals surface area contributed by atoms with Gasteiger partial charge >= 0.3 is 5.97 Å². The summed E-state index contributed by atoms with van der Waals surface area (Å²) in [4.78, 5) is 37.5. The van der Waals surface area contributed by atoms with Gasteiger partial charge < -0.3 is 19.8 Å². The zero-order chi connectivity index (χ0) is 24.1. The van der Waals surface area contributed by atoms with Gasteiger partial charge in [0.1, 0.15) is 5.00 Å². The Morgan fingerprint density at radius 3 is 2.58 bits per heavy atom. The quantitative estimate of drug-likeness (QED) is 0.360. The fraction of sp³-hybridized carbons (Fsp3) is 0.318. The highest BCUT2D eigenvalue weighted by molar-refractivity contribution is 7.99. The van der Waals surface area contributed by atoms with Crippen molar-refractivity contribution in [3.63, 3.8) is 0 Å². The zero-order valence-corrected chi connectivity index (χ0v) is 20.5. The summed E-state index contributed by atoms with van der Waals surface area (Å²) in [6.45, 7) is 7.52. The Morgan fingerprint density at radius 2 is 1.91 bits per heavy atom. The summed E-state index contributed by atoms with van der Waals surface area (Å²) < 4.78 is 10.8. The van der Waals surface area contributed by atoms with E-state index in [9.17, 15) is 14.4 Å². The number of ether oxygens (including phenoxy) is 1. The molecule has 0 aliphatic carbocycles. The van der Waals surface area contributed by atoms with Crippen LogP contribution >= 0.6 is 23.1 Å². The number of hydrogen-bond donors (Lipinski definition) is 2. The molecule has 0 bridgehead atoms. The molecule has 174 valence electrons.